The molecule has 25 heavy (non-hydrogen) atoms. The average Bonchev–Trinajstić information content (AvgIpc) is 2.68. The zero-order chi connectivity index (χ0) is 17.1. The number of hydrogen-bond donors (Lipinski definition) is 0. The van der Waals surface area contributed by atoms with Crippen LogP contribution in [0, 0.1) is 0 Å². The molecular formula is C22H22N2O. The summed E-state index contributed by atoms with van der Waals surface area (Å²) in [6.07, 6.45) is 6.05. The fourth-order valence-corrected chi connectivity index (χ4v) is 3.37. The second-order valence-corrected chi connectivity index (χ2v) is 6.58. The van der Waals surface area contributed by atoms with E-state index < -0.39 is 0 Å². The first-order valence-corrected chi connectivity index (χ1v) is 8.74. The summed E-state index contributed by atoms with van der Waals surface area (Å²) in [5.74, 6) is 1.02. The van der Waals surface area contributed by atoms with Crippen LogP contribution in [0.25, 0.3) is 11.1 Å². The molecule has 0 saturated carbocycles. The van der Waals surface area contributed by atoms with Crippen molar-refractivity contribution < 1.29 is 4.74 Å². The van der Waals surface area contributed by atoms with Gasteiger partial charge in [-0.05, 0) is 42.3 Å². The zero-order valence-electron chi connectivity index (χ0n) is 14.4. The Hall–Kier alpha value is -2.65. The second kappa shape index (κ2) is 7.08. The first kappa shape index (κ1) is 15.9. The molecule has 0 radical (unpaired) electrons. The quantitative estimate of drug-likeness (QED) is 0.703. The van der Waals surface area contributed by atoms with Crippen LogP contribution in [-0.2, 0) is 13.0 Å². The third-order valence-corrected chi connectivity index (χ3v) is 4.72. The molecular weight excluding hydrogens is 308 g/mol. The molecule has 3 nitrogen and oxygen atoms in total. The van der Waals surface area contributed by atoms with Crippen LogP contribution in [0.15, 0.2) is 73.1 Å². The van der Waals surface area contributed by atoms with Crippen LogP contribution in [0.4, 0.5) is 0 Å². The number of benzene rings is 2. The number of nitrogens with zero attached hydrogens (tertiary/aromatic N) is 2. The fraction of sp³-hybridized carbons (Fsp3) is 0.227. The van der Waals surface area contributed by atoms with Gasteiger partial charge in [-0.25, -0.2) is 0 Å². The minimum Gasteiger partial charge on any atom is -0.475 e. The first-order chi connectivity index (χ1) is 12.3. The number of pyridine rings is 1. The normalized spacial score (nSPS) is 16.3. The van der Waals surface area contributed by atoms with Crippen molar-refractivity contribution in [3.8, 4) is 16.9 Å². The molecule has 3 heteroatoms. The highest BCUT2D eigenvalue weighted by Gasteiger charge is 2.23. The van der Waals surface area contributed by atoms with Crippen LogP contribution in [0.1, 0.15) is 17.5 Å². The largest absolute Gasteiger partial charge is 0.475 e. The van der Waals surface area contributed by atoms with E-state index >= 15 is 0 Å². The highest BCUT2D eigenvalue weighted by molar-refractivity contribution is 5.62. The summed E-state index contributed by atoms with van der Waals surface area (Å²) in [6.45, 7) is 0.820. The molecule has 1 aliphatic rings. The van der Waals surface area contributed by atoms with E-state index in [-0.39, 0.29) is 6.23 Å². The Labute approximate surface area is 148 Å². The molecule has 126 valence electrons. The maximum absolute atomic E-state index is 6.19. The zero-order valence-corrected chi connectivity index (χ0v) is 14.4. The predicted molar refractivity (Wildman–Crippen MR) is 100 cm³/mol. The lowest BCUT2D eigenvalue weighted by atomic mass is 10.0. The fourth-order valence-electron chi connectivity index (χ4n) is 3.37. The summed E-state index contributed by atoms with van der Waals surface area (Å²) in [5, 5.41) is 0. The van der Waals surface area contributed by atoms with Crippen molar-refractivity contribution in [3.63, 3.8) is 0 Å². The van der Waals surface area contributed by atoms with Gasteiger partial charge in [0.2, 0.25) is 0 Å². The Kier molecular flexibility index (Phi) is 4.49. The van der Waals surface area contributed by atoms with Gasteiger partial charge in [-0.2, -0.15) is 0 Å². The van der Waals surface area contributed by atoms with Crippen molar-refractivity contribution in [3.05, 3.63) is 84.2 Å². The Balaban J connectivity index is 1.47. The molecule has 0 aliphatic carbocycles. The predicted octanol–water partition coefficient (Wildman–Crippen LogP) is 4.53. The van der Waals surface area contributed by atoms with Gasteiger partial charge in [0.25, 0.3) is 0 Å². The van der Waals surface area contributed by atoms with Crippen LogP contribution in [0.5, 0.6) is 5.75 Å². The lowest BCUT2D eigenvalue weighted by Gasteiger charge is -2.32. The molecule has 1 aliphatic heterocycles. The Morgan fingerprint density at radius 3 is 2.68 bits per heavy atom. The molecule has 0 spiro atoms. The van der Waals surface area contributed by atoms with Gasteiger partial charge >= 0.3 is 0 Å². The van der Waals surface area contributed by atoms with Crippen molar-refractivity contribution >= 4 is 0 Å². The third kappa shape index (κ3) is 3.57. The molecule has 4 rings (SSSR count). The van der Waals surface area contributed by atoms with Crippen LogP contribution in [-0.4, -0.2) is 23.2 Å². The summed E-state index contributed by atoms with van der Waals surface area (Å²) < 4.78 is 6.19. The minimum absolute atomic E-state index is 0.107. The topological polar surface area (TPSA) is 25.4 Å². The average molecular weight is 330 g/mol. The number of aryl methyl sites for hydroxylation is 1. The van der Waals surface area contributed by atoms with E-state index in [4.69, 9.17) is 4.74 Å². The third-order valence-electron chi connectivity index (χ3n) is 4.72. The standard InChI is InChI=1S/C22H22N2O/c1-24(22-12-11-19-9-5-6-10-21(19)25-22)16-17-13-20(15-23-14-17)18-7-3-2-4-8-18/h2-10,13-15,22H,11-12,16H2,1H3. The number of ether oxygens (including phenoxy) is 1. The maximum Gasteiger partial charge on any atom is 0.153 e. The van der Waals surface area contributed by atoms with Crippen molar-refractivity contribution in [1.29, 1.82) is 0 Å². The van der Waals surface area contributed by atoms with Gasteiger partial charge in [0.05, 0.1) is 0 Å². The van der Waals surface area contributed by atoms with Gasteiger partial charge in [-0.3, -0.25) is 9.88 Å². The maximum atomic E-state index is 6.19. The van der Waals surface area contributed by atoms with E-state index in [1.165, 1.54) is 16.7 Å². The Morgan fingerprint density at radius 1 is 1.00 bits per heavy atom. The van der Waals surface area contributed by atoms with Crippen LogP contribution in [0.2, 0.25) is 0 Å². The van der Waals surface area contributed by atoms with Crippen LogP contribution >= 0.6 is 0 Å². The Morgan fingerprint density at radius 2 is 1.80 bits per heavy atom. The van der Waals surface area contributed by atoms with E-state index in [2.05, 4.69) is 65.5 Å². The summed E-state index contributed by atoms with van der Waals surface area (Å²) in [4.78, 5) is 6.69. The van der Waals surface area contributed by atoms with Crippen molar-refractivity contribution in [1.82, 2.24) is 9.88 Å². The summed E-state index contributed by atoms with van der Waals surface area (Å²) in [5.41, 5.74) is 4.86. The summed E-state index contributed by atoms with van der Waals surface area (Å²) in [7, 11) is 2.12. The first-order valence-electron chi connectivity index (χ1n) is 8.74. The molecule has 1 aromatic heterocycles. The molecule has 0 fully saturated rings. The lowest BCUT2D eigenvalue weighted by Crippen LogP contribution is -2.38. The molecule has 3 aromatic rings. The number of fused-ring (bicyclic) bond motifs is 1. The van der Waals surface area contributed by atoms with E-state index in [0.29, 0.717) is 0 Å². The molecule has 0 amide bonds. The van der Waals surface area contributed by atoms with E-state index in [0.717, 1.165) is 30.7 Å². The lowest BCUT2D eigenvalue weighted by molar-refractivity contribution is 0.0226. The highest BCUT2D eigenvalue weighted by atomic mass is 16.5. The number of rotatable bonds is 4. The van der Waals surface area contributed by atoms with E-state index in [9.17, 15) is 0 Å². The molecule has 0 saturated heterocycles. The monoisotopic (exact) mass is 330 g/mol. The smallest absolute Gasteiger partial charge is 0.153 e. The molecule has 1 atom stereocenters. The Bertz CT molecular complexity index is 847. The molecule has 0 bridgehead atoms. The van der Waals surface area contributed by atoms with Gasteiger partial charge < -0.3 is 4.74 Å². The highest BCUT2D eigenvalue weighted by Crippen LogP contribution is 2.28. The summed E-state index contributed by atoms with van der Waals surface area (Å²) in [6, 6.07) is 20.9. The van der Waals surface area contributed by atoms with Crippen molar-refractivity contribution in [2.75, 3.05) is 7.05 Å². The van der Waals surface area contributed by atoms with Crippen LogP contribution < -0.4 is 4.74 Å². The summed E-state index contributed by atoms with van der Waals surface area (Å²) >= 11 is 0. The van der Waals surface area contributed by atoms with Gasteiger partial charge in [0.1, 0.15) is 5.75 Å². The van der Waals surface area contributed by atoms with E-state index in [1.54, 1.807) is 0 Å². The molecule has 2 heterocycles. The van der Waals surface area contributed by atoms with Crippen molar-refractivity contribution in [2.45, 2.75) is 25.6 Å². The molecule has 2 aromatic carbocycles. The van der Waals surface area contributed by atoms with Gasteiger partial charge in [-0.1, -0.05) is 48.5 Å². The van der Waals surface area contributed by atoms with Crippen LogP contribution in [0.3, 0.4) is 0 Å². The van der Waals surface area contributed by atoms with Crippen molar-refractivity contribution in [2.24, 2.45) is 0 Å². The van der Waals surface area contributed by atoms with E-state index in [1.807, 2.05) is 24.5 Å². The molecule has 0 N–H and O–H groups in total. The van der Waals surface area contributed by atoms with Gasteiger partial charge in [0, 0.05) is 30.9 Å². The van der Waals surface area contributed by atoms with Gasteiger partial charge in [-0.15, -0.1) is 0 Å². The number of hydrogen-bond acceptors (Lipinski definition) is 3. The SMILES string of the molecule is CN(Cc1cncc(-c2ccccc2)c1)C1CCc2ccccc2O1. The number of para-hydroxylation sites is 1. The minimum atomic E-state index is 0.107. The second-order valence-electron chi connectivity index (χ2n) is 6.58. The number of aromatic nitrogens is 1. The molecule has 1 unspecified atom stereocenters. The van der Waals surface area contributed by atoms with Gasteiger partial charge in [0.15, 0.2) is 6.23 Å².